The molecule has 1 unspecified atom stereocenters. The fraction of sp³-hybridized carbons (Fsp3) is 1.00. The maximum absolute atomic E-state index is 11.8. The smallest absolute Gasteiger partial charge is 0.0939 e. The van der Waals surface area contributed by atoms with Crippen LogP contribution in [0.4, 0.5) is 0 Å². The first-order chi connectivity index (χ1) is 10.1. The van der Waals surface area contributed by atoms with Gasteiger partial charge in [0.1, 0.15) is 0 Å². The third-order valence-corrected chi connectivity index (χ3v) is 6.43. The Labute approximate surface area is 135 Å². The molecular formula is C17H36N2OS. The van der Waals surface area contributed by atoms with Crippen molar-refractivity contribution in [2.24, 2.45) is 11.8 Å². The lowest BCUT2D eigenvalue weighted by Crippen LogP contribution is -2.48. The van der Waals surface area contributed by atoms with Crippen LogP contribution in [0.15, 0.2) is 0 Å². The molecule has 0 aromatic carbocycles. The molecule has 0 aromatic heterocycles. The molecule has 2 fully saturated rings. The minimum Gasteiger partial charge on any atom is -0.300 e. The average molecular weight is 317 g/mol. The van der Waals surface area contributed by atoms with Gasteiger partial charge < -0.3 is 4.90 Å². The minimum absolute atomic E-state index is 0.730. The van der Waals surface area contributed by atoms with Crippen LogP contribution in [0.1, 0.15) is 60.3 Å². The zero-order chi connectivity index (χ0) is 15.8. The molecule has 2 heterocycles. The number of rotatable bonds is 4. The Kier molecular flexibility index (Phi) is 9.07. The molecule has 0 amide bonds. The Balaban J connectivity index is 0.00000106. The number of nitrogens with zero attached hydrogens (tertiary/aromatic N) is 2. The molecule has 3 nitrogen and oxygen atoms in total. The molecule has 0 N–H and O–H groups in total. The van der Waals surface area contributed by atoms with Gasteiger partial charge in [-0.15, -0.1) is 0 Å². The summed E-state index contributed by atoms with van der Waals surface area (Å²) in [6, 6.07) is 0.748. The molecule has 2 aliphatic rings. The second-order valence-electron chi connectivity index (χ2n) is 6.39. The standard InChI is InChI=1S/C15H30N2OS.C2H6/c1-4-19(18)17-11-7-15(8-12-17)16-9-5-14(6-10-16)13(2)3;1-2/h13-15H,4-12H2,1-3H3;1-2H3. The second kappa shape index (κ2) is 9.96. The summed E-state index contributed by atoms with van der Waals surface area (Å²) in [5.74, 6) is 2.55. The number of piperidine rings is 2. The first-order valence-corrected chi connectivity index (χ1v) is 10.3. The van der Waals surface area contributed by atoms with E-state index in [1.165, 1.54) is 38.8 Å². The summed E-state index contributed by atoms with van der Waals surface area (Å²) < 4.78 is 14.0. The van der Waals surface area contributed by atoms with E-state index in [-0.39, 0.29) is 0 Å². The molecule has 0 saturated carbocycles. The van der Waals surface area contributed by atoms with Crippen molar-refractivity contribution in [3.63, 3.8) is 0 Å². The van der Waals surface area contributed by atoms with Gasteiger partial charge >= 0.3 is 0 Å². The molecule has 1 atom stereocenters. The van der Waals surface area contributed by atoms with Gasteiger partial charge in [-0.05, 0) is 50.6 Å². The number of hydrogen-bond donors (Lipinski definition) is 0. The van der Waals surface area contributed by atoms with Gasteiger partial charge in [0.2, 0.25) is 0 Å². The minimum atomic E-state index is -0.730. The molecule has 4 heteroatoms. The molecular weight excluding hydrogens is 280 g/mol. The van der Waals surface area contributed by atoms with E-state index in [1.807, 2.05) is 20.8 Å². The summed E-state index contributed by atoms with van der Waals surface area (Å²) in [5, 5.41) is 0. The monoisotopic (exact) mass is 316 g/mol. The highest BCUT2D eigenvalue weighted by atomic mass is 32.2. The molecule has 0 spiro atoms. The van der Waals surface area contributed by atoms with Gasteiger partial charge in [0.05, 0.1) is 11.0 Å². The molecule has 2 aliphatic heterocycles. The first-order valence-electron chi connectivity index (χ1n) is 8.99. The van der Waals surface area contributed by atoms with Crippen LogP contribution in [-0.2, 0) is 11.0 Å². The van der Waals surface area contributed by atoms with Crippen LogP contribution in [0.25, 0.3) is 0 Å². The summed E-state index contributed by atoms with van der Waals surface area (Å²) in [7, 11) is -0.730. The van der Waals surface area contributed by atoms with Gasteiger partial charge in [-0.1, -0.05) is 34.6 Å². The third-order valence-electron chi connectivity index (χ3n) is 4.99. The summed E-state index contributed by atoms with van der Waals surface area (Å²) in [5.41, 5.74) is 0. The van der Waals surface area contributed by atoms with E-state index in [2.05, 4.69) is 23.1 Å². The van der Waals surface area contributed by atoms with E-state index in [1.54, 1.807) is 0 Å². The van der Waals surface area contributed by atoms with E-state index in [9.17, 15) is 4.21 Å². The van der Waals surface area contributed by atoms with Crippen LogP contribution in [0, 0.1) is 11.8 Å². The summed E-state index contributed by atoms with van der Waals surface area (Å²) in [6.07, 6.45) is 5.16. The predicted molar refractivity (Wildman–Crippen MR) is 93.8 cm³/mol. The first kappa shape index (κ1) is 19.1. The van der Waals surface area contributed by atoms with Gasteiger partial charge in [0.15, 0.2) is 0 Å². The zero-order valence-electron chi connectivity index (χ0n) is 14.8. The van der Waals surface area contributed by atoms with Crippen molar-refractivity contribution >= 4 is 11.0 Å². The van der Waals surface area contributed by atoms with Gasteiger partial charge in [-0.2, -0.15) is 0 Å². The Morgan fingerprint density at radius 3 is 1.95 bits per heavy atom. The van der Waals surface area contributed by atoms with Crippen LogP contribution in [0.2, 0.25) is 0 Å². The summed E-state index contributed by atoms with van der Waals surface area (Å²) in [4.78, 5) is 2.70. The lowest BCUT2D eigenvalue weighted by Gasteiger charge is -2.42. The Morgan fingerprint density at radius 1 is 1.00 bits per heavy atom. The SMILES string of the molecule is CC.CCS(=O)N1CCC(N2CCC(C(C)C)CC2)CC1. The molecule has 0 radical (unpaired) electrons. The van der Waals surface area contributed by atoms with Crippen molar-refractivity contribution < 1.29 is 4.21 Å². The highest BCUT2D eigenvalue weighted by molar-refractivity contribution is 7.82. The van der Waals surface area contributed by atoms with E-state index >= 15 is 0 Å². The normalized spacial score (nSPS) is 24.7. The van der Waals surface area contributed by atoms with Gasteiger partial charge in [-0.25, -0.2) is 8.51 Å². The van der Waals surface area contributed by atoms with Gasteiger partial charge in [0, 0.05) is 24.9 Å². The Morgan fingerprint density at radius 2 is 1.52 bits per heavy atom. The molecule has 0 aromatic rings. The molecule has 2 rings (SSSR count). The van der Waals surface area contributed by atoms with E-state index < -0.39 is 11.0 Å². The van der Waals surface area contributed by atoms with Crippen molar-refractivity contribution in [3.05, 3.63) is 0 Å². The summed E-state index contributed by atoms with van der Waals surface area (Å²) in [6.45, 7) is 15.3. The van der Waals surface area contributed by atoms with Crippen LogP contribution in [0.3, 0.4) is 0 Å². The largest absolute Gasteiger partial charge is 0.300 e. The van der Waals surface area contributed by atoms with Crippen LogP contribution in [-0.4, -0.2) is 51.4 Å². The Bertz CT molecular complexity index is 293. The van der Waals surface area contributed by atoms with Crippen molar-refractivity contribution in [2.75, 3.05) is 31.9 Å². The van der Waals surface area contributed by atoms with Crippen LogP contribution in [0.5, 0.6) is 0 Å². The predicted octanol–water partition coefficient (Wildman–Crippen LogP) is 3.53. The van der Waals surface area contributed by atoms with Crippen molar-refractivity contribution in [1.82, 2.24) is 9.21 Å². The highest BCUT2D eigenvalue weighted by Gasteiger charge is 2.29. The molecule has 0 aliphatic carbocycles. The molecule has 126 valence electrons. The molecule has 21 heavy (non-hydrogen) atoms. The maximum atomic E-state index is 11.8. The lowest BCUT2D eigenvalue weighted by atomic mass is 9.85. The topological polar surface area (TPSA) is 23.6 Å². The van der Waals surface area contributed by atoms with Crippen molar-refractivity contribution in [1.29, 1.82) is 0 Å². The maximum Gasteiger partial charge on any atom is 0.0939 e. The van der Waals surface area contributed by atoms with Crippen molar-refractivity contribution in [2.45, 2.75) is 66.3 Å². The number of likely N-dealkylation sites (tertiary alicyclic amines) is 1. The van der Waals surface area contributed by atoms with Crippen molar-refractivity contribution in [3.8, 4) is 0 Å². The van der Waals surface area contributed by atoms with Gasteiger partial charge in [0.25, 0.3) is 0 Å². The number of hydrogen-bond acceptors (Lipinski definition) is 2. The fourth-order valence-corrected chi connectivity index (χ4v) is 4.53. The molecule has 0 bridgehead atoms. The average Bonchev–Trinajstić information content (AvgIpc) is 2.56. The summed E-state index contributed by atoms with van der Waals surface area (Å²) >= 11 is 0. The van der Waals surface area contributed by atoms with E-state index in [0.717, 1.165) is 36.7 Å². The fourth-order valence-electron chi connectivity index (χ4n) is 3.54. The zero-order valence-corrected chi connectivity index (χ0v) is 15.6. The van der Waals surface area contributed by atoms with E-state index in [0.29, 0.717) is 0 Å². The Hall–Kier alpha value is 0.0700. The third kappa shape index (κ3) is 5.65. The second-order valence-corrected chi connectivity index (χ2v) is 8.12. The highest BCUT2D eigenvalue weighted by Crippen LogP contribution is 2.28. The van der Waals surface area contributed by atoms with Crippen LogP contribution < -0.4 is 0 Å². The van der Waals surface area contributed by atoms with Crippen LogP contribution >= 0.6 is 0 Å². The quantitative estimate of drug-likeness (QED) is 0.792. The van der Waals surface area contributed by atoms with Gasteiger partial charge in [-0.3, -0.25) is 0 Å². The molecule has 2 saturated heterocycles. The van der Waals surface area contributed by atoms with E-state index in [4.69, 9.17) is 0 Å². The lowest BCUT2D eigenvalue weighted by molar-refractivity contribution is 0.0863.